The Bertz CT molecular complexity index is 1370. The third kappa shape index (κ3) is 4.86. The molecule has 172 valence electrons. The minimum absolute atomic E-state index is 0.0807. The van der Waals surface area contributed by atoms with E-state index < -0.39 is 32.9 Å². The second-order valence-corrected chi connectivity index (χ2v) is 9.14. The zero-order chi connectivity index (χ0) is 24.5. The number of nitrogens with one attached hydrogen (secondary N) is 1. The van der Waals surface area contributed by atoms with E-state index in [2.05, 4.69) is 21.3 Å². The number of hydrogen-bond donors (Lipinski definition) is 1. The highest BCUT2D eigenvalue weighted by molar-refractivity contribution is 7.92. The topological polar surface area (TPSA) is 91.7 Å². The molecule has 0 unspecified atom stereocenters. The van der Waals surface area contributed by atoms with Gasteiger partial charge >= 0.3 is 0 Å². The first-order valence-electron chi connectivity index (χ1n) is 9.48. The lowest BCUT2D eigenvalue weighted by molar-refractivity contribution is -0.113. The van der Waals surface area contributed by atoms with Crippen LogP contribution >= 0.6 is 11.6 Å². The van der Waals surface area contributed by atoms with Crippen molar-refractivity contribution in [2.75, 3.05) is 4.72 Å². The maximum atomic E-state index is 15.3. The Labute approximate surface area is 194 Å². The highest BCUT2D eigenvalue weighted by Gasteiger charge is 2.25. The van der Waals surface area contributed by atoms with E-state index in [1.165, 1.54) is 49.6 Å². The number of ketones is 1. The van der Waals surface area contributed by atoms with Crippen LogP contribution in [-0.4, -0.2) is 30.3 Å². The Morgan fingerprint density at radius 1 is 1.27 bits per heavy atom. The second-order valence-electron chi connectivity index (χ2n) is 7.06. The van der Waals surface area contributed by atoms with Gasteiger partial charge < -0.3 is 4.90 Å². The summed E-state index contributed by atoms with van der Waals surface area (Å²) in [6.45, 7) is 8.06. The van der Waals surface area contributed by atoms with Crippen LogP contribution in [0, 0.1) is 18.6 Å². The van der Waals surface area contributed by atoms with Gasteiger partial charge in [0, 0.05) is 24.2 Å². The number of hydrogen-bond acceptors (Lipinski definition) is 6. The standard InChI is InChI=1S/C22H19ClF2N4O3S/c1-5-29-11-18(27-10-19(29)12(2)14(4)30)21-16(24)6-7-17(22(21)25)28-33(31,32)20-8-15(23)9-26-13(20)3/h5-11,28H,1H2,2-4H3/b19-12+. The maximum Gasteiger partial charge on any atom is 0.263 e. The fourth-order valence-electron chi connectivity index (χ4n) is 3.01. The van der Waals surface area contributed by atoms with Gasteiger partial charge in [-0.3, -0.25) is 19.5 Å². The predicted molar refractivity (Wildman–Crippen MR) is 123 cm³/mol. The molecule has 1 aliphatic heterocycles. The summed E-state index contributed by atoms with van der Waals surface area (Å²) in [5, 5.41) is 0.0807. The molecule has 0 bridgehead atoms. The molecule has 0 atom stereocenters. The molecule has 0 aliphatic carbocycles. The minimum atomic E-state index is -4.28. The number of anilines is 1. The number of halogens is 3. The van der Waals surface area contributed by atoms with Crippen LogP contribution in [0.25, 0.3) is 5.70 Å². The third-order valence-corrected chi connectivity index (χ3v) is 6.55. The molecule has 0 fully saturated rings. The molecule has 0 saturated heterocycles. The molecule has 1 N–H and O–H groups in total. The zero-order valence-electron chi connectivity index (χ0n) is 17.9. The van der Waals surface area contributed by atoms with Crippen molar-refractivity contribution in [1.29, 1.82) is 0 Å². The summed E-state index contributed by atoms with van der Waals surface area (Å²) in [4.78, 5) is 20.8. The molecule has 1 aromatic carbocycles. The van der Waals surface area contributed by atoms with E-state index in [0.717, 1.165) is 12.1 Å². The van der Waals surface area contributed by atoms with Crippen molar-refractivity contribution in [2.24, 2.45) is 4.99 Å². The van der Waals surface area contributed by atoms with E-state index in [4.69, 9.17) is 11.6 Å². The number of benzene rings is 1. The lowest BCUT2D eigenvalue weighted by atomic mass is 10.1. The fraction of sp³-hybridized carbons (Fsp3) is 0.136. The number of aryl methyl sites for hydroxylation is 1. The first kappa shape index (κ1) is 24.3. The van der Waals surface area contributed by atoms with Crippen molar-refractivity contribution in [3.63, 3.8) is 0 Å². The predicted octanol–water partition coefficient (Wildman–Crippen LogP) is 4.81. The van der Waals surface area contributed by atoms with E-state index in [-0.39, 0.29) is 27.1 Å². The molecule has 33 heavy (non-hydrogen) atoms. The summed E-state index contributed by atoms with van der Waals surface area (Å²) in [5.74, 6) is -2.34. The van der Waals surface area contributed by atoms with Gasteiger partial charge in [0.05, 0.1) is 39.6 Å². The molecule has 2 aromatic rings. The van der Waals surface area contributed by atoms with E-state index >= 15 is 4.39 Å². The van der Waals surface area contributed by atoms with Crippen LogP contribution in [0.4, 0.5) is 14.5 Å². The zero-order valence-corrected chi connectivity index (χ0v) is 19.4. The average Bonchev–Trinajstić information content (AvgIpc) is 2.76. The summed E-state index contributed by atoms with van der Waals surface area (Å²) in [5.41, 5.74) is -0.264. The number of nitrogens with zero attached hydrogens (tertiary/aromatic N) is 3. The lowest BCUT2D eigenvalue weighted by Gasteiger charge is -2.23. The van der Waals surface area contributed by atoms with Crippen LogP contribution in [0.15, 0.2) is 64.5 Å². The van der Waals surface area contributed by atoms with Gasteiger partial charge in [-0.1, -0.05) is 18.2 Å². The monoisotopic (exact) mass is 492 g/mol. The van der Waals surface area contributed by atoms with Gasteiger partial charge in [-0.05, 0) is 39.0 Å². The molecular formula is C22H19ClF2N4O3S. The Balaban J connectivity index is 2.06. The molecule has 2 heterocycles. The van der Waals surface area contributed by atoms with E-state index in [9.17, 15) is 17.6 Å². The summed E-state index contributed by atoms with van der Waals surface area (Å²) in [6.07, 6.45) is 5.20. The summed E-state index contributed by atoms with van der Waals surface area (Å²) < 4.78 is 57.7. The number of carbonyl (C=O) groups excluding carboxylic acids is 1. The van der Waals surface area contributed by atoms with Gasteiger partial charge in [0.1, 0.15) is 10.7 Å². The van der Waals surface area contributed by atoms with Crippen LogP contribution < -0.4 is 4.72 Å². The van der Waals surface area contributed by atoms with E-state index in [0.29, 0.717) is 11.3 Å². The highest BCUT2D eigenvalue weighted by atomic mass is 35.5. The van der Waals surface area contributed by atoms with Gasteiger partial charge in [0.25, 0.3) is 10.0 Å². The highest BCUT2D eigenvalue weighted by Crippen LogP contribution is 2.32. The summed E-state index contributed by atoms with van der Waals surface area (Å²) in [6, 6.07) is 3.05. The van der Waals surface area contributed by atoms with Crippen molar-refractivity contribution in [3.8, 4) is 0 Å². The molecule has 0 radical (unpaired) electrons. The number of allylic oxidation sites excluding steroid dienone is 2. The van der Waals surface area contributed by atoms with Gasteiger partial charge in [-0.15, -0.1) is 0 Å². The van der Waals surface area contributed by atoms with Crippen LogP contribution in [-0.2, 0) is 14.8 Å². The third-order valence-electron chi connectivity index (χ3n) is 4.86. The number of Topliss-reactive ketones (excluding diaryl/α,β-unsaturated/α-hetero) is 1. The molecule has 3 rings (SSSR count). The molecule has 0 spiro atoms. The lowest BCUT2D eigenvalue weighted by Crippen LogP contribution is -2.19. The number of aromatic nitrogens is 1. The molecule has 0 amide bonds. The molecular weight excluding hydrogens is 474 g/mol. The molecule has 1 aliphatic rings. The average molecular weight is 493 g/mol. The van der Waals surface area contributed by atoms with Crippen LogP contribution in [0.1, 0.15) is 25.1 Å². The Kier molecular flexibility index (Phi) is 6.80. The van der Waals surface area contributed by atoms with Crippen molar-refractivity contribution in [1.82, 2.24) is 9.88 Å². The molecule has 1 aromatic heterocycles. The van der Waals surface area contributed by atoms with E-state index in [1.54, 1.807) is 6.92 Å². The number of carbonyl (C=O) groups is 1. The Hall–Kier alpha value is -3.37. The fourth-order valence-corrected chi connectivity index (χ4v) is 4.51. The number of sulfonamides is 1. The Morgan fingerprint density at radius 3 is 2.61 bits per heavy atom. The normalized spacial score (nSPS) is 15.2. The van der Waals surface area contributed by atoms with Crippen LogP contribution in [0.5, 0.6) is 0 Å². The van der Waals surface area contributed by atoms with E-state index in [1.807, 2.05) is 0 Å². The van der Waals surface area contributed by atoms with Gasteiger partial charge in [-0.25, -0.2) is 17.2 Å². The largest absolute Gasteiger partial charge is 0.320 e. The first-order chi connectivity index (χ1) is 15.5. The van der Waals surface area contributed by atoms with Crippen molar-refractivity contribution < 1.29 is 22.0 Å². The molecule has 7 nitrogen and oxygen atoms in total. The van der Waals surface area contributed by atoms with Gasteiger partial charge in [0.2, 0.25) is 0 Å². The van der Waals surface area contributed by atoms with Crippen LogP contribution in [0.3, 0.4) is 0 Å². The smallest absolute Gasteiger partial charge is 0.263 e. The summed E-state index contributed by atoms with van der Waals surface area (Å²) in [7, 11) is -4.28. The Morgan fingerprint density at radius 2 is 1.97 bits per heavy atom. The number of pyridine rings is 1. The van der Waals surface area contributed by atoms with Crippen molar-refractivity contribution in [3.05, 3.63) is 82.6 Å². The van der Waals surface area contributed by atoms with Crippen molar-refractivity contribution >= 4 is 45.0 Å². The SMILES string of the molecule is C=CN1C=C(c2c(F)ccc(NS(=O)(=O)c3cc(Cl)cnc3C)c2F)N=C/C1=C(/C)C(C)=O. The quantitative estimate of drug-likeness (QED) is 0.584. The second kappa shape index (κ2) is 9.24. The molecule has 11 heteroatoms. The van der Waals surface area contributed by atoms with Gasteiger partial charge in [0.15, 0.2) is 11.6 Å². The van der Waals surface area contributed by atoms with Crippen LogP contribution in [0.2, 0.25) is 5.02 Å². The number of rotatable bonds is 6. The van der Waals surface area contributed by atoms with Crippen molar-refractivity contribution in [2.45, 2.75) is 25.7 Å². The summed E-state index contributed by atoms with van der Waals surface area (Å²) >= 11 is 5.85. The minimum Gasteiger partial charge on any atom is -0.320 e. The van der Waals surface area contributed by atoms with Gasteiger partial charge in [-0.2, -0.15) is 0 Å². The molecule has 0 saturated carbocycles. The first-order valence-corrected chi connectivity index (χ1v) is 11.3. The number of aliphatic imine (C=N–C) groups is 1. The maximum absolute atomic E-state index is 15.3.